The van der Waals surface area contributed by atoms with Crippen LogP contribution in [0.5, 0.6) is 0 Å². The minimum Gasteiger partial charge on any atom is -0.378 e. The zero-order valence-corrected chi connectivity index (χ0v) is 11.4. The Labute approximate surface area is 109 Å². The summed E-state index contributed by atoms with van der Waals surface area (Å²) < 4.78 is 5.25. The molecule has 1 atom stereocenters. The number of rotatable bonds is 4. The third-order valence-corrected chi connectivity index (χ3v) is 3.68. The molecule has 1 N–H and O–H groups in total. The molecule has 0 radical (unpaired) electrons. The largest absolute Gasteiger partial charge is 0.378 e. The first-order valence-electron chi connectivity index (χ1n) is 7.07. The molecule has 0 aromatic rings. The number of carbonyl (C=O) groups excluding carboxylic acids is 1. The first-order valence-corrected chi connectivity index (χ1v) is 7.07. The van der Waals surface area contributed by atoms with Gasteiger partial charge in [0.1, 0.15) is 0 Å². The number of hydrogen-bond acceptors (Lipinski definition) is 4. The predicted molar refractivity (Wildman–Crippen MR) is 70.5 cm³/mol. The third kappa shape index (κ3) is 4.23. The SMILES string of the molecule is C[C@H]1CN(CCCC(=O)N2CCOCC2)CCN1. The second-order valence-corrected chi connectivity index (χ2v) is 5.25. The van der Waals surface area contributed by atoms with Gasteiger partial charge in [0.15, 0.2) is 0 Å². The van der Waals surface area contributed by atoms with E-state index in [0.29, 0.717) is 31.6 Å². The minimum atomic E-state index is 0.293. The van der Waals surface area contributed by atoms with Gasteiger partial charge in [-0.05, 0) is 19.9 Å². The molecule has 0 aromatic carbocycles. The quantitative estimate of drug-likeness (QED) is 0.763. The molecule has 0 aromatic heterocycles. The molecule has 0 aliphatic carbocycles. The number of ether oxygens (including phenoxy) is 1. The fourth-order valence-electron chi connectivity index (χ4n) is 2.64. The molecule has 0 saturated carbocycles. The maximum absolute atomic E-state index is 11.9. The normalized spacial score (nSPS) is 26.3. The lowest BCUT2D eigenvalue weighted by Crippen LogP contribution is -2.49. The lowest BCUT2D eigenvalue weighted by molar-refractivity contribution is -0.135. The van der Waals surface area contributed by atoms with Crippen molar-refractivity contribution in [2.45, 2.75) is 25.8 Å². The number of hydrogen-bond donors (Lipinski definition) is 1. The van der Waals surface area contributed by atoms with Gasteiger partial charge in [-0.3, -0.25) is 4.79 Å². The van der Waals surface area contributed by atoms with Crippen molar-refractivity contribution in [2.75, 3.05) is 52.5 Å². The zero-order valence-electron chi connectivity index (χ0n) is 11.4. The number of amides is 1. The summed E-state index contributed by atoms with van der Waals surface area (Å²) in [5.74, 6) is 0.293. The highest BCUT2D eigenvalue weighted by atomic mass is 16.5. The van der Waals surface area contributed by atoms with E-state index in [1.807, 2.05) is 4.90 Å². The number of piperazine rings is 1. The Morgan fingerprint density at radius 3 is 2.83 bits per heavy atom. The van der Waals surface area contributed by atoms with Crippen LogP contribution in [0.15, 0.2) is 0 Å². The van der Waals surface area contributed by atoms with Gasteiger partial charge in [-0.25, -0.2) is 0 Å². The average molecular weight is 255 g/mol. The molecular formula is C13H25N3O2. The maximum atomic E-state index is 11.9. The van der Waals surface area contributed by atoms with Crippen LogP contribution in [0.25, 0.3) is 0 Å². The van der Waals surface area contributed by atoms with Crippen LogP contribution >= 0.6 is 0 Å². The van der Waals surface area contributed by atoms with Gasteiger partial charge in [0.25, 0.3) is 0 Å². The molecule has 0 spiro atoms. The molecule has 18 heavy (non-hydrogen) atoms. The standard InChI is InChI=1S/C13H25N3O2/c1-12-11-15(6-4-14-12)5-2-3-13(17)16-7-9-18-10-8-16/h12,14H,2-11H2,1H3/t12-/m0/s1. The van der Waals surface area contributed by atoms with Crippen molar-refractivity contribution < 1.29 is 9.53 Å². The van der Waals surface area contributed by atoms with E-state index in [1.54, 1.807) is 0 Å². The number of morpholine rings is 1. The molecule has 2 rings (SSSR count). The molecule has 5 heteroatoms. The van der Waals surface area contributed by atoms with Crippen LogP contribution in [0.2, 0.25) is 0 Å². The van der Waals surface area contributed by atoms with Gasteiger partial charge in [-0.2, -0.15) is 0 Å². The van der Waals surface area contributed by atoms with Gasteiger partial charge in [-0.15, -0.1) is 0 Å². The van der Waals surface area contributed by atoms with E-state index in [2.05, 4.69) is 17.1 Å². The van der Waals surface area contributed by atoms with Gasteiger partial charge in [0.2, 0.25) is 5.91 Å². The Hall–Kier alpha value is -0.650. The lowest BCUT2D eigenvalue weighted by atomic mass is 10.2. The van der Waals surface area contributed by atoms with Crippen LogP contribution in [-0.2, 0) is 9.53 Å². The minimum absolute atomic E-state index is 0.293. The monoisotopic (exact) mass is 255 g/mol. The topological polar surface area (TPSA) is 44.8 Å². The van der Waals surface area contributed by atoms with Gasteiger partial charge < -0.3 is 19.9 Å². The molecule has 2 fully saturated rings. The first-order chi connectivity index (χ1) is 8.75. The molecule has 2 saturated heterocycles. The summed E-state index contributed by atoms with van der Waals surface area (Å²) in [6.07, 6.45) is 1.65. The van der Waals surface area contributed by atoms with Crippen LogP contribution in [0, 0.1) is 0 Å². The van der Waals surface area contributed by atoms with E-state index in [1.165, 1.54) is 0 Å². The van der Waals surface area contributed by atoms with Crippen molar-refractivity contribution in [1.29, 1.82) is 0 Å². The third-order valence-electron chi connectivity index (χ3n) is 3.68. The molecule has 2 aliphatic rings. The molecule has 0 unspecified atom stereocenters. The summed E-state index contributed by atoms with van der Waals surface area (Å²) in [6, 6.07) is 0.577. The van der Waals surface area contributed by atoms with Crippen molar-refractivity contribution in [2.24, 2.45) is 0 Å². The van der Waals surface area contributed by atoms with Crippen LogP contribution in [0.3, 0.4) is 0 Å². The van der Waals surface area contributed by atoms with Crippen LogP contribution < -0.4 is 5.32 Å². The van der Waals surface area contributed by atoms with E-state index in [9.17, 15) is 4.79 Å². The molecular weight excluding hydrogens is 230 g/mol. The summed E-state index contributed by atoms with van der Waals surface area (Å²) in [6.45, 7) is 9.46. The summed E-state index contributed by atoms with van der Waals surface area (Å²) in [4.78, 5) is 16.3. The second kappa shape index (κ2) is 7.07. The van der Waals surface area contributed by atoms with E-state index in [0.717, 1.165) is 45.7 Å². The highest BCUT2D eigenvalue weighted by Gasteiger charge is 2.18. The Bertz CT molecular complexity index is 267. The predicted octanol–water partition coefficient (Wildman–Crippen LogP) is -0.0809. The van der Waals surface area contributed by atoms with Crippen molar-refractivity contribution in [3.63, 3.8) is 0 Å². The Balaban J connectivity index is 1.60. The highest BCUT2D eigenvalue weighted by molar-refractivity contribution is 5.76. The molecule has 5 nitrogen and oxygen atoms in total. The summed E-state index contributed by atoms with van der Waals surface area (Å²) in [7, 11) is 0. The van der Waals surface area contributed by atoms with E-state index in [4.69, 9.17) is 4.74 Å². The fraction of sp³-hybridized carbons (Fsp3) is 0.923. The van der Waals surface area contributed by atoms with E-state index in [-0.39, 0.29) is 0 Å². The number of nitrogens with one attached hydrogen (secondary N) is 1. The number of nitrogens with zero attached hydrogens (tertiary/aromatic N) is 2. The highest BCUT2D eigenvalue weighted by Crippen LogP contribution is 2.05. The van der Waals surface area contributed by atoms with Crippen LogP contribution in [-0.4, -0.2) is 74.2 Å². The molecule has 104 valence electrons. The van der Waals surface area contributed by atoms with E-state index < -0.39 is 0 Å². The number of carbonyl (C=O) groups is 1. The zero-order chi connectivity index (χ0) is 12.8. The molecule has 2 heterocycles. The summed E-state index contributed by atoms with van der Waals surface area (Å²) in [5, 5.41) is 3.43. The molecule has 2 aliphatic heterocycles. The first kappa shape index (κ1) is 13.8. The van der Waals surface area contributed by atoms with Crippen molar-refractivity contribution in [3.05, 3.63) is 0 Å². The average Bonchev–Trinajstić information content (AvgIpc) is 2.40. The Morgan fingerprint density at radius 1 is 1.33 bits per heavy atom. The van der Waals surface area contributed by atoms with Crippen LogP contribution in [0.4, 0.5) is 0 Å². The van der Waals surface area contributed by atoms with E-state index >= 15 is 0 Å². The molecule has 1 amide bonds. The smallest absolute Gasteiger partial charge is 0.222 e. The lowest BCUT2D eigenvalue weighted by Gasteiger charge is -2.32. The maximum Gasteiger partial charge on any atom is 0.222 e. The van der Waals surface area contributed by atoms with Crippen LogP contribution in [0.1, 0.15) is 19.8 Å². The summed E-state index contributed by atoms with van der Waals surface area (Å²) >= 11 is 0. The fourth-order valence-corrected chi connectivity index (χ4v) is 2.64. The van der Waals surface area contributed by atoms with Crippen molar-refractivity contribution in [3.8, 4) is 0 Å². The van der Waals surface area contributed by atoms with Crippen molar-refractivity contribution >= 4 is 5.91 Å². The Kier molecular flexibility index (Phi) is 5.41. The van der Waals surface area contributed by atoms with Gasteiger partial charge in [0.05, 0.1) is 13.2 Å². The molecule has 0 bridgehead atoms. The van der Waals surface area contributed by atoms with Gasteiger partial charge in [0, 0.05) is 45.2 Å². The van der Waals surface area contributed by atoms with Gasteiger partial charge >= 0.3 is 0 Å². The van der Waals surface area contributed by atoms with Crippen molar-refractivity contribution in [1.82, 2.24) is 15.1 Å². The van der Waals surface area contributed by atoms with Gasteiger partial charge in [-0.1, -0.05) is 0 Å². The second-order valence-electron chi connectivity index (χ2n) is 5.25. The summed E-state index contributed by atoms with van der Waals surface area (Å²) in [5.41, 5.74) is 0. The Morgan fingerprint density at radius 2 is 2.11 bits per heavy atom.